The molecule has 0 saturated carbocycles. The van der Waals surface area contributed by atoms with Crippen molar-refractivity contribution < 1.29 is 0 Å². The largest absolute Gasteiger partial charge is 0.192 e. The first-order valence-electron chi connectivity index (χ1n) is 7.08. The molecule has 0 fully saturated rings. The summed E-state index contributed by atoms with van der Waals surface area (Å²) in [6.07, 6.45) is 0.946. The first kappa shape index (κ1) is 11.9. The molecule has 1 aliphatic carbocycles. The Balaban J connectivity index is 1.97. The van der Waals surface area contributed by atoms with E-state index >= 15 is 0 Å². The van der Waals surface area contributed by atoms with E-state index in [2.05, 4.69) is 48.5 Å². The van der Waals surface area contributed by atoms with Gasteiger partial charge in [0.05, 0.1) is 11.6 Å². The summed E-state index contributed by atoms with van der Waals surface area (Å²) in [5, 5.41) is 9.35. The van der Waals surface area contributed by atoms with Crippen LogP contribution >= 0.6 is 0 Å². The number of hydrogen-bond donors (Lipinski definition) is 0. The van der Waals surface area contributed by atoms with Crippen LogP contribution in [0.2, 0.25) is 0 Å². The zero-order valence-electron chi connectivity index (χ0n) is 11.5. The van der Waals surface area contributed by atoms with Crippen molar-refractivity contribution in [3.8, 4) is 28.3 Å². The molecule has 4 rings (SSSR count). The van der Waals surface area contributed by atoms with Crippen LogP contribution < -0.4 is 0 Å². The van der Waals surface area contributed by atoms with E-state index in [-0.39, 0.29) is 0 Å². The van der Waals surface area contributed by atoms with Crippen molar-refractivity contribution in [2.24, 2.45) is 0 Å². The van der Waals surface area contributed by atoms with E-state index in [0.29, 0.717) is 0 Å². The molecule has 0 unspecified atom stereocenters. The van der Waals surface area contributed by atoms with Gasteiger partial charge in [-0.3, -0.25) is 0 Å². The fourth-order valence-corrected chi connectivity index (χ4v) is 3.23. The number of nitriles is 1. The molecule has 0 radical (unpaired) electrons. The summed E-state index contributed by atoms with van der Waals surface area (Å²) in [6, 6.07) is 25.1. The summed E-state index contributed by atoms with van der Waals surface area (Å²) in [5.74, 6) is 0. The molecule has 21 heavy (non-hydrogen) atoms. The molecular weight excluding hydrogens is 254 g/mol. The predicted molar refractivity (Wildman–Crippen MR) is 84.8 cm³/mol. The minimum atomic E-state index is 0.738. The second-order valence-electron chi connectivity index (χ2n) is 5.32. The zero-order valence-corrected chi connectivity index (χ0v) is 11.5. The van der Waals surface area contributed by atoms with Crippen molar-refractivity contribution in [1.29, 1.82) is 5.26 Å². The Bertz CT molecular complexity index is 884. The topological polar surface area (TPSA) is 23.8 Å². The second kappa shape index (κ2) is 4.61. The first-order chi connectivity index (χ1) is 10.4. The molecule has 1 aliphatic rings. The number of rotatable bonds is 1. The molecule has 3 aromatic carbocycles. The Morgan fingerprint density at radius 3 is 2.10 bits per heavy atom. The molecule has 0 aromatic heterocycles. The Kier molecular flexibility index (Phi) is 2.62. The van der Waals surface area contributed by atoms with Crippen molar-refractivity contribution in [1.82, 2.24) is 0 Å². The molecule has 0 heterocycles. The monoisotopic (exact) mass is 267 g/mol. The Hall–Kier alpha value is -2.85. The molecule has 0 bridgehead atoms. The quantitative estimate of drug-likeness (QED) is 0.486. The highest BCUT2D eigenvalue weighted by Crippen LogP contribution is 2.41. The molecule has 1 nitrogen and oxygen atoms in total. The van der Waals surface area contributed by atoms with Crippen LogP contribution in [-0.4, -0.2) is 0 Å². The Morgan fingerprint density at radius 2 is 1.29 bits per heavy atom. The van der Waals surface area contributed by atoms with Crippen LogP contribution in [0.5, 0.6) is 0 Å². The molecule has 0 aliphatic heterocycles. The van der Waals surface area contributed by atoms with Gasteiger partial charge in [-0.2, -0.15) is 5.26 Å². The molecule has 0 N–H and O–H groups in total. The van der Waals surface area contributed by atoms with E-state index < -0.39 is 0 Å². The number of benzene rings is 3. The minimum Gasteiger partial charge on any atom is -0.192 e. The lowest BCUT2D eigenvalue weighted by Gasteiger charge is -2.10. The average Bonchev–Trinajstić information content (AvgIpc) is 2.93. The van der Waals surface area contributed by atoms with Crippen molar-refractivity contribution >= 4 is 0 Å². The molecule has 98 valence electrons. The summed E-state index contributed by atoms with van der Waals surface area (Å²) in [4.78, 5) is 0. The van der Waals surface area contributed by atoms with Gasteiger partial charge >= 0.3 is 0 Å². The fraction of sp³-hybridized carbons (Fsp3) is 0.0500. The van der Waals surface area contributed by atoms with Crippen LogP contribution in [0, 0.1) is 11.3 Å². The van der Waals surface area contributed by atoms with Crippen LogP contribution in [0.15, 0.2) is 66.7 Å². The van der Waals surface area contributed by atoms with Gasteiger partial charge in [-0.05, 0) is 45.9 Å². The molecule has 1 heteroatoms. The summed E-state index contributed by atoms with van der Waals surface area (Å²) in [6.45, 7) is 0. The van der Waals surface area contributed by atoms with Crippen molar-refractivity contribution in [3.63, 3.8) is 0 Å². The maximum atomic E-state index is 9.35. The molecule has 0 atom stereocenters. The van der Waals surface area contributed by atoms with Gasteiger partial charge in [-0.25, -0.2) is 0 Å². The minimum absolute atomic E-state index is 0.738. The second-order valence-corrected chi connectivity index (χ2v) is 5.32. The summed E-state index contributed by atoms with van der Waals surface area (Å²) < 4.78 is 0. The van der Waals surface area contributed by atoms with Crippen LogP contribution in [0.3, 0.4) is 0 Å². The normalized spacial score (nSPS) is 11.6. The highest BCUT2D eigenvalue weighted by Gasteiger charge is 2.21. The van der Waals surface area contributed by atoms with Gasteiger partial charge in [-0.15, -0.1) is 0 Å². The molecule has 3 aromatic rings. The smallest absolute Gasteiger partial charge is 0.0998 e. The van der Waals surface area contributed by atoms with E-state index in [9.17, 15) is 5.26 Å². The molecule has 0 amide bonds. The Morgan fingerprint density at radius 1 is 0.667 bits per heavy atom. The van der Waals surface area contributed by atoms with Crippen molar-refractivity contribution in [2.45, 2.75) is 6.42 Å². The van der Waals surface area contributed by atoms with E-state index in [1.165, 1.54) is 27.8 Å². The summed E-state index contributed by atoms with van der Waals surface area (Å²) in [5.41, 5.74) is 8.28. The lowest BCUT2D eigenvalue weighted by Crippen LogP contribution is -1.90. The van der Waals surface area contributed by atoms with Gasteiger partial charge in [0.15, 0.2) is 0 Å². The van der Waals surface area contributed by atoms with Gasteiger partial charge in [0.1, 0.15) is 0 Å². The molecule has 0 saturated heterocycles. The maximum absolute atomic E-state index is 9.35. The zero-order chi connectivity index (χ0) is 14.2. The fourth-order valence-electron chi connectivity index (χ4n) is 3.23. The predicted octanol–water partition coefficient (Wildman–Crippen LogP) is 4.80. The highest BCUT2D eigenvalue weighted by atomic mass is 14.3. The van der Waals surface area contributed by atoms with E-state index in [4.69, 9.17) is 0 Å². The molecule has 0 spiro atoms. The van der Waals surface area contributed by atoms with Gasteiger partial charge in [0, 0.05) is 0 Å². The SMILES string of the molecule is N#Cc1ccccc1-c1cccc2c1Cc1ccccc1-2. The maximum Gasteiger partial charge on any atom is 0.0998 e. The average molecular weight is 267 g/mol. The van der Waals surface area contributed by atoms with Gasteiger partial charge in [-0.1, -0.05) is 60.7 Å². The summed E-state index contributed by atoms with van der Waals surface area (Å²) >= 11 is 0. The van der Waals surface area contributed by atoms with Gasteiger partial charge in [0.2, 0.25) is 0 Å². The first-order valence-corrected chi connectivity index (χ1v) is 7.08. The molecular formula is C20H13N. The lowest BCUT2D eigenvalue weighted by atomic mass is 9.93. The highest BCUT2D eigenvalue weighted by molar-refractivity contribution is 5.86. The van der Waals surface area contributed by atoms with E-state index in [0.717, 1.165) is 17.5 Å². The van der Waals surface area contributed by atoms with Crippen molar-refractivity contribution in [2.75, 3.05) is 0 Å². The lowest BCUT2D eigenvalue weighted by molar-refractivity contribution is 1.26. The van der Waals surface area contributed by atoms with E-state index in [1.54, 1.807) is 0 Å². The van der Waals surface area contributed by atoms with Gasteiger partial charge < -0.3 is 0 Å². The Labute approximate surface area is 124 Å². The van der Waals surface area contributed by atoms with Crippen molar-refractivity contribution in [3.05, 3.63) is 83.4 Å². The van der Waals surface area contributed by atoms with Crippen LogP contribution in [0.25, 0.3) is 22.3 Å². The van der Waals surface area contributed by atoms with Crippen LogP contribution in [-0.2, 0) is 6.42 Å². The van der Waals surface area contributed by atoms with Crippen LogP contribution in [0.4, 0.5) is 0 Å². The third-order valence-electron chi connectivity index (χ3n) is 4.19. The number of fused-ring (bicyclic) bond motifs is 3. The van der Waals surface area contributed by atoms with Gasteiger partial charge in [0.25, 0.3) is 0 Å². The number of nitrogens with zero attached hydrogens (tertiary/aromatic N) is 1. The number of hydrogen-bond acceptors (Lipinski definition) is 1. The standard InChI is InChI=1S/C20H13N/c21-13-15-7-2-4-9-17(15)19-11-5-10-18-16-8-3-1-6-14(16)12-20(18)19/h1-11H,12H2. The third-order valence-corrected chi connectivity index (χ3v) is 4.19. The van der Waals surface area contributed by atoms with E-state index in [1.807, 2.05) is 24.3 Å². The third kappa shape index (κ3) is 1.77. The van der Waals surface area contributed by atoms with Crippen LogP contribution in [0.1, 0.15) is 16.7 Å². The summed E-state index contributed by atoms with van der Waals surface area (Å²) in [7, 11) is 0.